The van der Waals surface area contributed by atoms with Gasteiger partial charge in [0, 0.05) is 40.7 Å². The number of piperazine rings is 1. The zero-order valence-corrected chi connectivity index (χ0v) is 19.8. The second kappa shape index (κ2) is 10.0. The number of hydrogen-bond acceptors (Lipinski definition) is 6. The van der Waals surface area contributed by atoms with Crippen molar-refractivity contribution in [2.24, 2.45) is 5.10 Å². The number of rotatable bonds is 6. The standard InChI is InChI=1S/C19H20Br2N4O4S/c20-15-1-4-17(5-2-15)30(28,29)25-9-7-24(8-10-25)13-19(27)23-22-12-14-11-16(21)3-6-18(14)26/h1-6,11-12,26H,7-10,13H2,(H,23,27)/b22-12-. The fourth-order valence-electron chi connectivity index (χ4n) is 2.92. The lowest BCUT2D eigenvalue weighted by molar-refractivity contribution is -0.122. The lowest BCUT2D eigenvalue weighted by atomic mass is 10.2. The molecule has 2 aromatic carbocycles. The van der Waals surface area contributed by atoms with Gasteiger partial charge >= 0.3 is 0 Å². The maximum Gasteiger partial charge on any atom is 0.254 e. The van der Waals surface area contributed by atoms with Gasteiger partial charge in [-0.2, -0.15) is 9.41 Å². The van der Waals surface area contributed by atoms with Crippen molar-refractivity contribution in [2.75, 3.05) is 32.7 Å². The lowest BCUT2D eigenvalue weighted by Crippen LogP contribution is -2.50. The Bertz CT molecular complexity index is 1040. The minimum absolute atomic E-state index is 0.0549. The first-order valence-electron chi connectivity index (χ1n) is 9.04. The Kier molecular flexibility index (Phi) is 7.64. The molecular formula is C19H20Br2N4O4S. The van der Waals surface area contributed by atoms with Gasteiger partial charge in [0.2, 0.25) is 10.0 Å². The van der Waals surface area contributed by atoms with Gasteiger partial charge < -0.3 is 5.11 Å². The predicted octanol–water partition coefficient (Wildman–Crippen LogP) is 2.37. The summed E-state index contributed by atoms with van der Waals surface area (Å²) in [7, 11) is -3.55. The van der Waals surface area contributed by atoms with E-state index in [9.17, 15) is 18.3 Å². The number of amides is 1. The number of benzene rings is 2. The summed E-state index contributed by atoms with van der Waals surface area (Å²) >= 11 is 6.60. The molecule has 0 aromatic heterocycles. The quantitative estimate of drug-likeness (QED) is 0.418. The Morgan fingerprint density at radius 1 is 1.07 bits per heavy atom. The second-order valence-electron chi connectivity index (χ2n) is 6.63. The van der Waals surface area contributed by atoms with Gasteiger partial charge in [-0.05, 0) is 42.5 Å². The molecule has 1 fully saturated rings. The highest BCUT2D eigenvalue weighted by Crippen LogP contribution is 2.21. The number of phenolic OH excluding ortho intramolecular Hbond substituents is 1. The van der Waals surface area contributed by atoms with E-state index in [0.717, 1.165) is 8.95 Å². The molecule has 2 aromatic rings. The first kappa shape index (κ1) is 22.9. The van der Waals surface area contributed by atoms with Crippen molar-refractivity contribution in [3.8, 4) is 5.75 Å². The van der Waals surface area contributed by atoms with Crippen molar-refractivity contribution in [1.29, 1.82) is 0 Å². The van der Waals surface area contributed by atoms with Gasteiger partial charge in [-0.25, -0.2) is 13.8 Å². The second-order valence-corrected chi connectivity index (χ2v) is 10.4. The highest BCUT2D eigenvalue weighted by molar-refractivity contribution is 9.10. The van der Waals surface area contributed by atoms with Gasteiger partial charge in [0.1, 0.15) is 5.75 Å². The summed E-state index contributed by atoms with van der Waals surface area (Å²) in [6, 6.07) is 11.4. The molecule has 3 rings (SSSR count). The molecule has 30 heavy (non-hydrogen) atoms. The molecule has 1 aliphatic rings. The fourth-order valence-corrected chi connectivity index (χ4v) is 4.99. The van der Waals surface area contributed by atoms with Crippen LogP contribution in [0.15, 0.2) is 61.4 Å². The van der Waals surface area contributed by atoms with E-state index >= 15 is 0 Å². The number of halogens is 2. The Balaban J connectivity index is 1.49. The summed E-state index contributed by atoms with van der Waals surface area (Å²) < 4.78 is 28.5. The van der Waals surface area contributed by atoms with Gasteiger partial charge in [-0.3, -0.25) is 9.69 Å². The molecule has 1 aliphatic heterocycles. The minimum atomic E-state index is -3.55. The molecule has 0 atom stereocenters. The smallest absolute Gasteiger partial charge is 0.254 e. The zero-order valence-electron chi connectivity index (χ0n) is 15.8. The number of aromatic hydroxyl groups is 1. The monoisotopic (exact) mass is 558 g/mol. The van der Waals surface area contributed by atoms with Crippen LogP contribution in [0.25, 0.3) is 0 Å². The van der Waals surface area contributed by atoms with Gasteiger partial charge in [0.05, 0.1) is 17.7 Å². The van der Waals surface area contributed by atoms with E-state index in [0.29, 0.717) is 31.7 Å². The van der Waals surface area contributed by atoms with Crippen LogP contribution in [0.1, 0.15) is 5.56 Å². The van der Waals surface area contributed by atoms with Gasteiger partial charge in [0.25, 0.3) is 5.91 Å². The van der Waals surface area contributed by atoms with Crippen molar-refractivity contribution < 1.29 is 18.3 Å². The van der Waals surface area contributed by atoms with E-state index in [2.05, 4.69) is 42.4 Å². The van der Waals surface area contributed by atoms with E-state index in [4.69, 9.17) is 0 Å². The van der Waals surface area contributed by atoms with E-state index in [-0.39, 0.29) is 23.1 Å². The molecule has 160 valence electrons. The number of phenols is 1. The predicted molar refractivity (Wildman–Crippen MR) is 121 cm³/mol. The molecule has 8 nitrogen and oxygen atoms in total. The molecule has 0 bridgehead atoms. The third-order valence-electron chi connectivity index (χ3n) is 4.53. The van der Waals surface area contributed by atoms with E-state index < -0.39 is 10.0 Å². The van der Waals surface area contributed by atoms with Crippen molar-refractivity contribution in [2.45, 2.75) is 4.90 Å². The molecule has 11 heteroatoms. The average molecular weight is 560 g/mol. The topological polar surface area (TPSA) is 102 Å². The Hall–Kier alpha value is -1.79. The lowest BCUT2D eigenvalue weighted by Gasteiger charge is -2.33. The maximum atomic E-state index is 12.7. The van der Waals surface area contributed by atoms with Crippen LogP contribution in [0.2, 0.25) is 0 Å². The van der Waals surface area contributed by atoms with Crippen molar-refractivity contribution in [3.05, 3.63) is 57.0 Å². The summed E-state index contributed by atoms with van der Waals surface area (Å²) in [6.07, 6.45) is 1.36. The number of carbonyl (C=O) groups is 1. The summed E-state index contributed by atoms with van der Waals surface area (Å²) in [4.78, 5) is 14.2. The molecular weight excluding hydrogens is 540 g/mol. The van der Waals surface area contributed by atoms with E-state index in [1.165, 1.54) is 16.6 Å². The van der Waals surface area contributed by atoms with Gasteiger partial charge in [-0.1, -0.05) is 31.9 Å². The number of sulfonamides is 1. The summed E-state index contributed by atoms with van der Waals surface area (Å²) in [6.45, 7) is 1.61. The van der Waals surface area contributed by atoms with Crippen LogP contribution < -0.4 is 5.43 Å². The molecule has 1 saturated heterocycles. The van der Waals surface area contributed by atoms with Crippen LogP contribution in [-0.2, 0) is 14.8 Å². The molecule has 0 radical (unpaired) electrons. The number of nitrogens with zero attached hydrogens (tertiary/aromatic N) is 3. The van der Waals surface area contributed by atoms with Crippen LogP contribution >= 0.6 is 31.9 Å². The molecule has 2 N–H and O–H groups in total. The third-order valence-corrected chi connectivity index (χ3v) is 7.47. The Morgan fingerprint density at radius 3 is 2.37 bits per heavy atom. The third kappa shape index (κ3) is 5.88. The average Bonchev–Trinajstić information content (AvgIpc) is 2.71. The largest absolute Gasteiger partial charge is 0.507 e. The van der Waals surface area contributed by atoms with Crippen molar-refractivity contribution in [3.63, 3.8) is 0 Å². The first-order valence-corrected chi connectivity index (χ1v) is 12.1. The van der Waals surface area contributed by atoms with Gasteiger partial charge in [-0.15, -0.1) is 0 Å². The minimum Gasteiger partial charge on any atom is -0.507 e. The van der Waals surface area contributed by atoms with Crippen molar-refractivity contribution in [1.82, 2.24) is 14.6 Å². The molecule has 1 heterocycles. The number of carbonyl (C=O) groups excluding carboxylic acids is 1. The summed E-state index contributed by atoms with van der Waals surface area (Å²) in [5, 5.41) is 13.6. The Morgan fingerprint density at radius 2 is 1.70 bits per heavy atom. The molecule has 0 unspecified atom stereocenters. The number of nitrogens with one attached hydrogen (secondary N) is 1. The van der Waals surface area contributed by atoms with Gasteiger partial charge in [0.15, 0.2) is 0 Å². The van der Waals surface area contributed by atoms with Crippen LogP contribution in [0.4, 0.5) is 0 Å². The van der Waals surface area contributed by atoms with E-state index in [1.807, 2.05) is 4.90 Å². The molecule has 1 amide bonds. The fraction of sp³-hybridized carbons (Fsp3) is 0.263. The van der Waals surface area contributed by atoms with Crippen LogP contribution in [-0.4, -0.2) is 67.6 Å². The zero-order chi connectivity index (χ0) is 21.7. The summed E-state index contributed by atoms with van der Waals surface area (Å²) in [5.41, 5.74) is 2.89. The highest BCUT2D eigenvalue weighted by Gasteiger charge is 2.28. The molecule has 0 saturated carbocycles. The summed E-state index contributed by atoms with van der Waals surface area (Å²) in [5.74, 6) is -0.260. The molecule has 0 aliphatic carbocycles. The van der Waals surface area contributed by atoms with Crippen LogP contribution in [0, 0.1) is 0 Å². The molecule has 0 spiro atoms. The maximum absolute atomic E-state index is 12.7. The van der Waals surface area contributed by atoms with Crippen molar-refractivity contribution >= 4 is 54.0 Å². The SMILES string of the molecule is O=C(CN1CCN(S(=O)(=O)c2ccc(Br)cc2)CC1)N/N=C\c1cc(Br)ccc1O. The number of hydrazone groups is 1. The number of hydrogen-bond donors (Lipinski definition) is 2. The van der Waals surface area contributed by atoms with Crippen LogP contribution in [0.3, 0.4) is 0 Å². The first-order chi connectivity index (χ1) is 14.3. The Labute approximate surface area is 191 Å². The normalized spacial score (nSPS) is 16.1. The van der Waals surface area contributed by atoms with Crippen LogP contribution in [0.5, 0.6) is 5.75 Å². The van der Waals surface area contributed by atoms with E-state index in [1.54, 1.807) is 36.4 Å². The highest BCUT2D eigenvalue weighted by atomic mass is 79.9.